The minimum Gasteiger partial charge on any atom is -0.383 e. The molecular weight excluding hydrogens is 178 g/mol. The third-order valence-electron chi connectivity index (χ3n) is 2.53. The number of aromatic nitrogens is 2. The minimum absolute atomic E-state index is 0.229. The van der Waals surface area contributed by atoms with Gasteiger partial charge in [0, 0.05) is 12.1 Å². The van der Waals surface area contributed by atoms with Gasteiger partial charge in [0.15, 0.2) is 0 Å². The summed E-state index contributed by atoms with van der Waals surface area (Å²) in [6, 6.07) is 0. The fraction of sp³-hybridized carbons (Fsp3) is 0.444. The van der Waals surface area contributed by atoms with Gasteiger partial charge in [0.2, 0.25) is 5.95 Å². The van der Waals surface area contributed by atoms with Crippen LogP contribution in [0.1, 0.15) is 12.5 Å². The third-order valence-corrected chi connectivity index (χ3v) is 2.53. The van der Waals surface area contributed by atoms with Crippen LogP contribution in [0, 0.1) is 12.3 Å². The molecule has 2 heterocycles. The van der Waals surface area contributed by atoms with Crippen molar-refractivity contribution in [2.24, 2.45) is 5.92 Å². The first-order valence-electron chi connectivity index (χ1n) is 4.66. The molecule has 1 aliphatic rings. The Morgan fingerprint density at radius 3 is 2.93 bits per heavy atom. The molecule has 0 saturated carbocycles. The van der Waals surface area contributed by atoms with Gasteiger partial charge in [-0.3, -0.25) is 0 Å². The molecule has 1 unspecified atom stereocenters. The van der Waals surface area contributed by atoms with E-state index in [1.807, 2.05) is 6.92 Å². The second-order valence-corrected chi connectivity index (χ2v) is 3.47. The summed E-state index contributed by atoms with van der Waals surface area (Å²) in [6.07, 6.45) is 3.05. The van der Waals surface area contributed by atoms with Gasteiger partial charge in [-0.2, -0.15) is 9.97 Å². The van der Waals surface area contributed by atoms with Gasteiger partial charge in [0.25, 0.3) is 0 Å². The van der Waals surface area contributed by atoms with E-state index >= 15 is 0 Å². The quantitative estimate of drug-likeness (QED) is 0.601. The fourth-order valence-corrected chi connectivity index (χ4v) is 1.66. The molecule has 1 radical (unpaired) electrons. The van der Waals surface area contributed by atoms with Gasteiger partial charge in [-0.15, -0.1) is 0 Å². The molecule has 0 saturated heterocycles. The highest BCUT2D eigenvalue weighted by Crippen LogP contribution is 2.28. The molecular formula is C9H14N5. The first kappa shape index (κ1) is 9.05. The molecule has 14 heavy (non-hydrogen) atoms. The molecule has 0 fully saturated rings. The van der Waals surface area contributed by atoms with Gasteiger partial charge in [-0.05, 0) is 18.8 Å². The highest BCUT2D eigenvalue weighted by Gasteiger charge is 2.21. The van der Waals surface area contributed by atoms with E-state index in [-0.39, 0.29) is 5.95 Å². The highest BCUT2D eigenvalue weighted by atomic mass is 15.1. The zero-order chi connectivity index (χ0) is 10.1. The predicted molar refractivity (Wildman–Crippen MR) is 56.5 cm³/mol. The van der Waals surface area contributed by atoms with Crippen molar-refractivity contribution in [1.29, 1.82) is 0 Å². The zero-order valence-corrected chi connectivity index (χ0v) is 8.12. The molecule has 0 aromatic carbocycles. The van der Waals surface area contributed by atoms with Crippen LogP contribution in [0.5, 0.6) is 0 Å². The van der Waals surface area contributed by atoms with E-state index < -0.39 is 0 Å². The summed E-state index contributed by atoms with van der Waals surface area (Å²) in [5.74, 6) is 2.00. The summed E-state index contributed by atoms with van der Waals surface area (Å²) in [4.78, 5) is 8.05. The summed E-state index contributed by atoms with van der Waals surface area (Å²) in [6.45, 7) is 2.94. The second-order valence-electron chi connectivity index (χ2n) is 3.47. The Kier molecular flexibility index (Phi) is 2.15. The Bertz CT molecular complexity index is 349. The summed E-state index contributed by atoms with van der Waals surface area (Å²) >= 11 is 0. The van der Waals surface area contributed by atoms with Crippen LogP contribution in [0.3, 0.4) is 0 Å². The van der Waals surface area contributed by atoms with Crippen molar-refractivity contribution in [3.05, 3.63) is 12.0 Å². The van der Waals surface area contributed by atoms with Crippen LogP contribution in [-0.2, 0) is 6.42 Å². The normalized spacial score (nSPS) is 19.9. The van der Waals surface area contributed by atoms with Crippen molar-refractivity contribution in [2.75, 3.05) is 23.3 Å². The number of nitrogens with zero attached hydrogens (tertiary/aromatic N) is 2. The number of nitrogen functional groups attached to an aromatic ring is 2. The monoisotopic (exact) mass is 192 g/mol. The van der Waals surface area contributed by atoms with Crippen molar-refractivity contribution in [2.45, 2.75) is 13.3 Å². The standard InChI is InChI=1S/C9H14N5/c1-2-5-3-6-7(10)13-9(11)14-8(6)12-4-5/h2,5H,3-4H2,1H3,(H5,10,11,12,13,14). The van der Waals surface area contributed by atoms with E-state index in [2.05, 4.69) is 21.7 Å². The zero-order valence-electron chi connectivity index (χ0n) is 8.12. The average Bonchev–Trinajstić information content (AvgIpc) is 2.17. The van der Waals surface area contributed by atoms with Crippen LogP contribution in [0.25, 0.3) is 0 Å². The van der Waals surface area contributed by atoms with Gasteiger partial charge in [-0.1, -0.05) is 6.92 Å². The van der Waals surface area contributed by atoms with E-state index in [1.165, 1.54) is 0 Å². The average molecular weight is 192 g/mol. The number of nitrogens with two attached hydrogens (primary N) is 2. The lowest BCUT2D eigenvalue weighted by atomic mass is 9.94. The predicted octanol–water partition coefficient (Wildman–Crippen LogP) is 0.449. The van der Waals surface area contributed by atoms with Gasteiger partial charge < -0.3 is 16.8 Å². The smallest absolute Gasteiger partial charge is 0.223 e. The molecule has 5 nitrogen and oxygen atoms in total. The van der Waals surface area contributed by atoms with E-state index in [0.29, 0.717) is 11.7 Å². The summed E-state index contributed by atoms with van der Waals surface area (Å²) < 4.78 is 0. The Morgan fingerprint density at radius 1 is 1.43 bits per heavy atom. The van der Waals surface area contributed by atoms with Crippen LogP contribution in [-0.4, -0.2) is 16.5 Å². The van der Waals surface area contributed by atoms with Crippen LogP contribution in [0.15, 0.2) is 0 Å². The third kappa shape index (κ3) is 1.45. The number of rotatable bonds is 1. The summed E-state index contributed by atoms with van der Waals surface area (Å²) in [7, 11) is 0. The molecule has 75 valence electrons. The van der Waals surface area contributed by atoms with Gasteiger partial charge in [-0.25, -0.2) is 0 Å². The number of nitrogens with one attached hydrogen (secondary N) is 1. The molecule has 0 spiro atoms. The van der Waals surface area contributed by atoms with Gasteiger partial charge in [0.1, 0.15) is 11.6 Å². The van der Waals surface area contributed by atoms with Crippen molar-refractivity contribution in [3.8, 4) is 0 Å². The lowest BCUT2D eigenvalue weighted by Gasteiger charge is -2.24. The Labute approximate surface area is 82.9 Å². The SMILES string of the molecule is C[CH]C1CNc2nc(N)nc(N)c2C1. The number of hydrogen-bond acceptors (Lipinski definition) is 5. The van der Waals surface area contributed by atoms with Gasteiger partial charge in [0.05, 0.1) is 0 Å². The number of hydrogen-bond donors (Lipinski definition) is 3. The maximum absolute atomic E-state index is 5.77. The van der Waals surface area contributed by atoms with Crippen molar-refractivity contribution in [1.82, 2.24) is 9.97 Å². The number of fused-ring (bicyclic) bond motifs is 1. The second kappa shape index (κ2) is 3.32. The van der Waals surface area contributed by atoms with E-state index in [0.717, 1.165) is 24.3 Å². The van der Waals surface area contributed by atoms with Gasteiger partial charge >= 0.3 is 0 Å². The molecule has 5 heteroatoms. The Hall–Kier alpha value is -1.52. The molecule has 1 aromatic rings. The maximum atomic E-state index is 5.77. The van der Waals surface area contributed by atoms with E-state index in [1.54, 1.807) is 0 Å². The van der Waals surface area contributed by atoms with Crippen LogP contribution in [0.2, 0.25) is 0 Å². The molecule has 1 atom stereocenters. The highest BCUT2D eigenvalue weighted by molar-refractivity contribution is 5.59. The van der Waals surface area contributed by atoms with E-state index in [9.17, 15) is 0 Å². The van der Waals surface area contributed by atoms with E-state index in [4.69, 9.17) is 11.5 Å². The molecule has 0 bridgehead atoms. The molecule has 2 rings (SSSR count). The first-order chi connectivity index (χ1) is 6.70. The fourth-order valence-electron chi connectivity index (χ4n) is 1.66. The van der Waals surface area contributed by atoms with Crippen LogP contribution in [0.4, 0.5) is 17.6 Å². The molecule has 5 N–H and O–H groups in total. The van der Waals surface area contributed by atoms with Crippen molar-refractivity contribution < 1.29 is 0 Å². The molecule has 1 aromatic heterocycles. The maximum Gasteiger partial charge on any atom is 0.223 e. The molecule has 0 aliphatic carbocycles. The number of anilines is 3. The summed E-state index contributed by atoms with van der Waals surface area (Å²) in [5.41, 5.74) is 12.3. The lowest BCUT2D eigenvalue weighted by molar-refractivity contribution is 0.612. The van der Waals surface area contributed by atoms with Crippen LogP contribution < -0.4 is 16.8 Å². The van der Waals surface area contributed by atoms with Crippen LogP contribution >= 0.6 is 0 Å². The van der Waals surface area contributed by atoms with Crippen molar-refractivity contribution in [3.63, 3.8) is 0 Å². The first-order valence-corrected chi connectivity index (χ1v) is 4.66. The molecule has 0 amide bonds. The Morgan fingerprint density at radius 2 is 2.21 bits per heavy atom. The summed E-state index contributed by atoms with van der Waals surface area (Å²) in [5, 5.41) is 3.20. The van der Waals surface area contributed by atoms with Crippen molar-refractivity contribution >= 4 is 17.6 Å². The lowest BCUT2D eigenvalue weighted by Crippen LogP contribution is -2.25. The molecule has 1 aliphatic heterocycles. The Balaban J connectivity index is 2.37. The minimum atomic E-state index is 0.229. The largest absolute Gasteiger partial charge is 0.383 e. The topological polar surface area (TPSA) is 89.8 Å².